The second-order valence-corrected chi connectivity index (χ2v) is 9.14. The van der Waals surface area contributed by atoms with Crippen molar-refractivity contribution in [3.63, 3.8) is 0 Å². The Bertz CT molecular complexity index is 1260. The Morgan fingerprint density at radius 2 is 1.82 bits per heavy atom. The summed E-state index contributed by atoms with van der Waals surface area (Å²) in [5.74, 6) is 1.89. The molecule has 3 aromatic rings. The van der Waals surface area contributed by atoms with Gasteiger partial charge in [-0.1, -0.05) is 36.7 Å². The lowest BCUT2D eigenvalue weighted by molar-refractivity contribution is 0.353. The van der Waals surface area contributed by atoms with Gasteiger partial charge in [0.05, 0.1) is 20.4 Å². The number of nitrogens with one attached hydrogen (secondary N) is 4. The average molecular weight is 507 g/mol. The first-order chi connectivity index (χ1) is 16.3. The molecule has 0 aliphatic heterocycles. The minimum absolute atomic E-state index is 0.0806. The fraction of sp³-hybridized carbons (Fsp3) is 0.273. The predicted octanol–water partition coefficient (Wildman–Crippen LogP) is 3.89. The van der Waals surface area contributed by atoms with E-state index < -0.39 is 10.2 Å². The highest BCUT2D eigenvalue weighted by Crippen LogP contribution is 2.35. The number of methoxy groups -OCH3 is 2. The highest BCUT2D eigenvalue weighted by atomic mass is 35.5. The molecule has 0 bridgehead atoms. The number of ether oxygens (including phenoxy) is 2. The van der Waals surface area contributed by atoms with Gasteiger partial charge in [0.2, 0.25) is 5.95 Å². The van der Waals surface area contributed by atoms with Crippen LogP contribution >= 0.6 is 11.6 Å². The van der Waals surface area contributed by atoms with E-state index in [1.54, 1.807) is 39.3 Å². The summed E-state index contributed by atoms with van der Waals surface area (Å²) in [6.45, 7) is 3.99. The van der Waals surface area contributed by atoms with Gasteiger partial charge in [0.1, 0.15) is 5.02 Å². The lowest BCUT2D eigenvalue weighted by Crippen LogP contribution is -2.35. The monoisotopic (exact) mass is 506 g/mol. The fourth-order valence-corrected chi connectivity index (χ4v) is 4.17. The SMILES string of the molecule is CCNS(=O)(=O)NCc1ccccc1Nc1nc(Nc2cc(C)c(OC)c(OC)c2)ncc1Cl. The zero-order chi connectivity index (χ0) is 24.7. The maximum atomic E-state index is 11.9. The van der Waals surface area contributed by atoms with Crippen LogP contribution in [0.25, 0.3) is 0 Å². The quantitative estimate of drug-likeness (QED) is 0.308. The molecular formula is C22H27ClN6O4S. The standard InChI is InChI=1S/C22H27ClN6O4S/c1-5-25-34(30,31)26-12-15-8-6-7-9-18(15)28-21-17(23)13-24-22(29-21)27-16-10-14(2)20(33-4)19(11-16)32-3/h6-11,13,25-26H,5,12H2,1-4H3,(H2,24,27,28,29). The van der Waals surface area contributed by atoms with Crippen LogP contribution in [0.5, 0.6) is 11.5 Å². The summed E-state index contributed by atoms with van der Waals surface area (Å²) >= 11 is 6.33. The van der Waals surface area contributed by atoms with E-state index in [-0.39, 0.29) is 6.54 Å². The number of halogens is 1. The number of para-hydroxylation sites is 1. The van der Waals surface area contributed by atoms with Crippen molar-refractivity contribution in [2.75, 3.05) is 31.4 Å². The van der Waals surface area contributed by atoms with Gasteiger partial charge in [0.15, 0.2) is 17.3 Å². The van der Waals surface area contributed by atoms with E-state index >= 15 is 0 Å². The number of aromatic nitrogens is 2. The molecule has 0 aliphatic rings. The summed E-state index contributed by atoms with van der Waals surface area (Å²) in [5, 5.41) is 6.61. The van der Waals surface area contributed by atoms with Crippen molar-refractivity contribution in [1.82, 2.24) is 19.4 Å². The van der Waals surface area contributed by atoms with E-state index in [1.807, 2.05) is 25.1 Å². The molecular weight excluding hydrogens is 480 g/mol. The third-order valence-corrected chi connectivity index (χ3v) is 6.19. The number of nitrogens with zero attached hydrogens (tertiary/aromatic N) is 2. The Balaban J connectivity index is 1.83. The molecule has 4 N–H and O–H groups in total. The van der Waals surface area contributed by atoms with E-state index in [0.29, 0.717) is 51.8 Å². The Kier molecular flexibility index (Phi) is 8.51. The third kappa shape index (κ3) is 6.48. The molecule has 0 amide bonds. The van der Waals surface area contributed by atoms with Crippen molar-refractivity contribution in [3.05, 3.63) is 58.7 Å². The minimum Gasteiger partial charge on any atom is -0.493 e. The molecule has 12 heteroatoms. The van der Waals surface area contributed by atoms with Crippen molar-refractivity contribution < 1.29 is 17.9 Å². The van der Waals surface area contributed by atoms with E-state index in [2.05, 4.69) is 30.0 Å². The lowest BCUT2D eigenvalue weighted by atomic mass is 10.2. The molecule has 1 aromatic heterocycles. The van der Waals surface area contributed by atoms with E-state index in [1.165, 1.54) is 6.20 Å². The summed E-state index contributed by atoms with van der Waals surface area (Å²) < 4.78 is 39.6. The second kappa shape index (κ2) is 11.3. The van der Waals surface area contributed by atoms with Crippen molar-refractivity contribution in [2.45, 2.75) is 20.4 Å². The molecule has 0 radical (unpaired) electrons. The Hall–Kier alpha value is -3.12. The van der Waals surface area contributed by atoms with Crippen LogP contribution in [0.2, 0.25) is 5.02 Å². The maximum Gasteiger partial charge on any atom is 0.277 e. The summed E-state index contributed by atoms with van der Waals surface area (Å²) in [5.41, 5.74) is 2.95. The lowest BCUT2D eigenvalue weighted by Gasteiger charge is -2.15. The first-order valence-electron chi connectivity index (χ1n) is 10.4. The maximum absolute atomic E-state index is 11.9. The normalized spacial score (nSPS) is 11.2. The first kappa shape index (κ1) is 25.5. The van der Waals surface area contributed by atoms with Crippen molar-refractivity contribution >= 4 is 45.0 Å². The third-order valence-electron chi connectivity index (χ3n) is 4.72. The van der Waals surface area contributed by atoms with Crippen LogP contribution < -0.4 is 29.6 Å². The van der Waals surface area contributed by atoms with Crippen molar-refractivity contribution in [3.8, 4) is 11.5 Å². The van der Waals surface area contributed by atoms with Crippen LogP contribution in [0.4, 0.5) is 23.1 Å². The second-order valence-electron chi connectivity index (χ2n) is 7.15. The van der Waals surface area contributed by atoms with Gasteiger partial charge in [0, 0.05) is 30.5 Å². The number of benzene rings is 2. The molecule has 0 unspecified atom stereocenters. The molecule has 10 nitrogen and oxygen atoms in total. The number of hydrogen-bond donors (Lipinski definition) is 4. The number of aryl methyl sites for hydroxylation is 1. The Morgan fingerprint density at radius 1 is 1.06 bits per heavy atom. The molecule has 0 spiro atoms. The molecule has 34 heavy (non-hydrogen) atoms. The molecule has 0 aliphatic carbocycles. The van der Waals surface area contributed by atoms with Crippen LogP contribution in [0.15, 0.2) is 42.6 Å². The molecule has 0 saturated heterocycles. The Labute approximate surface area is 204 Å². The summed E-state index contributed by atoms with van der Waals surface area (Å²) in [7, 11) is -0.440. The van der Waals surface area contributed by atoms with E-state index in [4.69, 9.17) is 21.1 Å². The number of rotatable bonds is 11. The number of anilines is 4. The van der Waals surface area contributed by atoms with E-state index in [0.717, 1.165) is 5.56 Å². The summed E-state index contributed by atoms with van der Waals surface area (Å²) in [6.07, 6.45) is 1.48. The Morgan fingerprint density at radius 3 is 2.53 bits per heavy atom. The highest BCUT2D eigenvalue weighted by molar-refractivity contribution is 7.87. The van der Waals surface area contributed by atoms with Crippen LogP contribution in [-0.2, 0) is 16.8 Å². The van der Waals surface area contributed by atoms with Gasteiger partial charge in [-0.05, 0) is 30.2 Å². The van der Waals surface area contributed by atoms with Gasteiger partial charge in [-0.3, -0.25) is 0 Å². The van der Waals surface area contributed by atoms with Crippen LogP contribution in [0, 0.1) is 6.92 Å². The van der Waals surface area contributed by atoms with Crippen LogP contribution in [0.3, 0.4) is 0 Å². The molecule has 0 atom stereocenters. The van der Waals surface area contributed by atoms with E-state index in [9.17, 15) is 8.42 Å². The molecule has 0 fully saturated rings. The highest BCUT2D eigenvalue weighted by Gasteiger charge is 2.13. The molecule has 182 valence electrons. The van der Waals surface area contributed by atoms with Crippen LogP contribution in [0.1, 0.15) is 18.1 Å². The van der Waals surface area contributed by atoms with Gasteiger partial charge < -0.3 is 20.1 Å². The summed E-state index contributed by atoms with van der Waals surface area (Å²) in [4.78, 5) is 8.73. The molecule has 3 rings (SSSR count). The molecule has 0 saturated carbocycles. The largest absolute Gasteiger partial charge is 0.493 e. The molecule has 2 aromatic carbocycles. The zero-order valence-electron chi connectivity index (χ0n) is 19.3. The first-order valence-corrected chi connectivity index (χ1v) is 12.2. The zero-order valence-corrected chi connectivity index (χ0v) is 20.8. The van der Waals surface area contributed by atoms with Gasteiger partial charge in [-0.15, -0.1) is 0 Å². The topological polar surface area (TPSA) is 127 Å². The van der Waals surface area contributed by atoms with Crippen LogP contribution in [-0.4, -0.2) is 39.2 Å². The van der Waals surface area contributed by atoms with Gasteiger partial charge in [-0.2, -0.15) is 18.1 Å². The average Bonchev–Trinajstić information content (AvgIpc) is 2.80. The number of hydrogen-bond acceptors (Lipinski definition) is 8. The minimum atomic E-state index is -3.59. The van der Waals surface area contributed by atoms with Crippen molar-refractivity contribution in [2.24, 2.45) is 0 Å². The van der Waals surface area contributed by atoms with Gasteiger partial charge in [0.25, 0.3) is 10.2 Å². The molecule has 1 heterocycles. The predicted molar refractivity (Wildman–Crippen MR) is 134 cm³/mol. The van der Waals surface area contributed by atoms with Gasteiger partial charge >= 0.3 is 0 Å². The smallest absolute Gasteiger partial charge is 0.277 e. The van der Waals surface area contributed by atoms with Gasteiger partial charge in [-0.25, -0.2) is 9.71 Å². The summed E-state index contributed by atoms with van der Waals surface area (Å²) in [6, 6.07) is 10.9. The van der Waals surface area contributed by atoms with Crippen molar-refractivity contribution in [1.29, 1.82) is 0 Å². The fourth-order valence-electron chi connectivity index (χ4n) is 3.21.